The first kappa shape index (κ1) is 13.8. The first-order valence-electron chi connectivity index (χ1n) is 6.85. The zero-order chi connectivity index (χ0) is 15.0. The van der Waals surface area contributed by atoms with Gasteiger partial charge in [-0.25, -0.2) is 0 Å². The lowest BCUT2D eigenvalue weighted by molar-refractivity contribution is 0.471. The van der Waals surface area contributed by atoms with Crippen LogP contribution in [0.25, 0.3) is 10.9 Å². The van der Waals surface area contributed by atoms with Gasteiger partial charge in [0.15, 0.2) is 0 Å². The van der Waals surface area contributed by atoms with Gasteiger partial charge in [-0.1, -0.05) is 29.8 Å². The van der Waals surface area contributed by atoms with Crippen molar-refractivity contribution >= 4 is 28.2 Å². The number of hydrogen-bond acceptors (Lipinski definition) is 2. The molecule has 3 rings (SSSR count). The zero-order valence-corrected chi connectivity index (χ0v) is 12.8. The summed E-state index contributed by atoms with van der Waals surface area (Å²) in [6.07, 6.45) is 0. The maximum atomic E-state index is 9.69. The van der Waals surface area contributed by atoms with Gasteiger partial charge in [0.2, 0.25) is 0 Å². The van der Waals surface area contributed by atoms with E-state index in [0.717, 1.165) is 38.4 Å². The van der Waals surface area contributed by atoms with Gasteiger partial charge in [0.1, 0.15) is 5.75 Å². The monoisotopic (exact) mass is 300 g/mol. The van der Waals surface area contributed by atoms with Crippen molar-refractivity contribution in [1.29, 1.82) is 0 Å². The molecule has 108 valence electrons. The molecular formula is C17H17ClN2O. The second-order valence-corrected chi connectivity index (χ2v) is 5.65. The fraction of sp³-hybridized carbons (Fsp3) is 0.176. The molecule has 1 aromatic heterocycles. The Kier molecular flexibility index (Phi) is 3.52. The number of aryl methyl sites for hydroxylation is 2. The van der Waals surface area contributed by atoms with Crippen LogP contribution in [0.4, 0.5) is 5.69 Å². The molecule has 4 heteroatoms. The number of phenols is 1. The van der Waals surface area contributed by atoms with E-state index in [1.165, 1.54) is 0 Å². The minimum atomic E-state index is 0.321. The fourth-order valence-electron chi connectivity index (χ4n) is 2.46. The van der Waals surface area contributed by atoms with E-state index < -0.39 is 0 Å². The molecule has 0 unspecified atom stereocenters. The van der Waals surface area contributed by atoms with Crippen molar-refractivity contribution in [3.8, 4) is 5.75 Å². The van der Waals surface area contributed by atoms with Gasteiger partial charge in [-0.05, 0) is 43.2 Å². The Morgan fingerprint density at radius 1 is 1.14 bits per heavy atom. The highest BCUT2D eigenvalue weighted by Gasteiger charge is 2.09. The number of H-pyrrole nitrogens is 1. The summed E-state index contributed by atoms with van der Waals surface area (Å²) < 4.78 is 0. The first-order valence-corrected chi connectivity index (χ1v) is 7.23. The van der Waals surface area contributed by atoms with E-state index in [0.29, 0.717) is 12.3 Å². The van der Waals surface area contributed by atoms with Crippen molar-refractivity contribution in [3.63, 3.8) is 0 Å². The molecule has 0 aliphatic carbocycles. The van der Waals surface area contributed by atoms with Crippen LogP contribution in [0.2, 0.25) is 5.02 Å². The summed E-state index contributed by atoms with van der Waals surface area (Å²) in [5.41, 5.74) is 4.86. The number of anilines is 1. The number of aromatic amines is 1. The third-order valence-corrected chi connectivity index (χ3v) is 4.14. The number of rotatable bonds is 3. The molecule has 3 nitrogen and oxygen atoms in total. The number of aromatic nitrogens is 1. The second kappa shape index (κ2) is 5.34. The molecule has 0 saturated carbocycles. The summed E-state index contributed by atoms with van der Waals surface area (Å²) in [5.74, 6) is 0.321. The quantitative estimate of drug-likeness (QED) is 0.611. The highest BCUT2D eigenvalue weighted by molar-refractivity contribution is 6.36. The van der Waals surface area contributed by atoms with Crippen LogP contribution in [0.5, 0.6) is 5.75 Å². The summed E-state index contributed by atoms with van der Waals surface area (Å²) in [4.78, 5) is 3.34. The number of fused-ring (bicyclic) bond motifs is 1. The Labute approximate surface area is 128 Å². The van der Waals surface area contributed by atoms with Crippen molar-refractivity contribution in [2.24, 2.45) is 0 Å². The number of hydrogen-bond donors (Lipinski definition) is 3. The van der Waals surface area contributed by atoms with E-state index in [-0.39, 0.29) is 0 Å². The molecule has 2 aromatic carbocycles. The van der Waals surface area contributed by atoms with Crippen LogP contribution < -0.4 is 5.32 Å². The Hall–Kier alpha value is -2.13. The summed E-state index contributed by atoms with van der Waals surface area (Å²) in [5, 5.41) is 14.9. The van der Waals surface area contributed by atoms with Gasteiger partial charge < -0.3 is 15.4 Å². The first-order chi connectivity index (χ1) is 10.1. The number of phenolic OH excluding ortho intramolecular Hbond substituents is 1. The molecule has 1 heterocycles. The average Bonchev–Trinajstić information content (AvgIpc) is 2.79. The Morgan fingerprint density at radius 2 is 1.90 bits per heavy atom. The van der Waals surface area contributed by atoms with E-state index in [1.54, 1.807) is 6.07 Å². The predicted octanol–water partition coefficient (Wildman–Crippen LogP) is 4.76. The molecule has 0 saturated heterocycles. The lowest BCUT2D eigenvalue weighted by Crippen LogP contribution is -2.02. The molecule has 3 aromatic rings. The minimum Gasteiger partial charge on any atom is -0.508 e. The van der Waals surface area contributed by atoms with Crippen LogP contribution >= 0.6 is 11.6 Å². The molecule has 0 aliphatic rings. The van der Waals surface area contributed by atoms with Gasteiger partial charge in [0.05, 0.1) is 17.3 Å². The summed E-state index contributed by atoms with van der Waals surface area (Å²) in [6.45, 7) is 4.46. The standard InChI is InChI=1S/C17H17ClN2O/c1-10-8-16(21)11(2)7-14(10)19-9-15-17(18)12-5-3-4-6-13(12)20-15/h3-8,19-21H,9H2,1-2H3. The van der Waals surface area contributed by atoms with Crippen molar-refractivity contribution in [1.82, 2.24) is 4.98 Å². The van der Waals surface area contributed by atoms with Gasteiger partial charge in [0, 0.05) is 16.6 Å². The average molecular weight is 301 g/mol. The Morgan fingerprint density at radius 3 is 2.67 bits per heavy atom. The van der Waals surface area contributed by atoms with Crippen molar-refractivity contribution < 1.29 is 5.11 Å². The van der Waals surface area contributed by atoms with Gasteiger partial charge >= 0.3 is 0 Å². The SMILES string of the molecule is Cc1cc(NCc2[nH]c3ccccc3c2Cl)c(C)cc1O. The molecule has 0 amide bonds. The third-order valence-electron chi connectivity index (χ3n) is 3.71. The van der Waals surface area contributed by atoms with Crippen molar-refractivity contribution in [3.05, 3.63) is 58.2 Å². The van der Waals surface area contributed by atoms with Gasteiger partial charge in [-0.3, -0.25) is 0 Å². The minimum absolute atomic E-state index is 0.321. The molecule has 21 heavy (non-hydrogen) atoms. The molecule has 0 radical (unpaired) electrons. The molecule has 0 aliphatic heterocycles. The highest BCUT2D eigenvalue weighted by Crippen LogP contribution is 2.29. The van der Waals surface area contributed by atoms with Crippen LogP contribution in [0.3, 0.4) is 0 Å². The second-order valence-electron chi connectivity index (χ2n) is 5.27. The van der Waals surface area contributed by atoms with Crippen LogP contribution in [0.1, 0.15) is 16.8 Å². The van der Waals surface area contributed by atoms with E-state index in [4.69, 9.17) is 11.6 Å². The van der Waals surface area contributed by atoms with E-state index in [9.17, 15) is 5.11 Å². The number of benzene rings is 2. The van der Waals surface area contributed by atoms with Crippen molar-refractivity contribution in [2.45, 2.75) is 20.4 Å². The van der Waals surface area contributed by atoms with Crippen LogP contribution in [0, 0.1) is 13.8 Å². The molecule has 0 bridgehead atoms. The number of nitrogens with one attached hydrogen (secondary N) is 2. The molecule has 3 N–H and O–H groups in total. The maximum absolute atomic E-state index is 9.69. The number of para-hydroxylation sites is 1. The van der Waals surface area contributed by atoms with E-state index in [2.05, 4.69) is 10.3 Å². The summed E-state index contributed by atoms with van der Waals surface area (Å²) >= 11 is 6.41. The Balaban J connectivity index is 1.87. The molecule has 0 atom stereocenters. The Bertz CT molecular complexity index is 808. The normalized spacial score (nSPS) is 11.0. The van der Waals surface area contributed by atoms with E-state index >= 15 is 0 Å². The fourth-order valence-corrected chi connectivity index (χ4v) is 2.74. The van der Waals surface area contributed by atoms with Crippen molar-refractivity contribution in [2.75, 3.05) is 5.32 Å². The lowest BCUT2D eigenvalue weighted by atomic mass is 10.1. The molecular weight excluding hydrogens is 284 g/mol. The zero-order valence-electron chi connectivity index (χ0n) is 12.0. The lowest BCUT2D eigenvalue weighted by Gasteiger charge is -2.11. The summed E-state index contributed by atoms with van der Waals surface area (Å²) in [6, 6.07) is 11.7. The molecule has 0 fully saturated rings. The van der Waals surface area contributed by atoms with Crippen LogP contribution in [-0.2, 0) is 6.54 Å². The third kappa shape index (κ3) is 2.57. The van der Waals surface area contributed by atoms with Gasteiger partial charge in [0.25, 0.3) is 0 Å². The van der Waals surface area contributed by atoms with E-state index in [1.807, 2.05) is 44.2 Å². The topological polar surface area (TPSA) is 48.0 Å². The number of aromatic hydroxyl groups is 1. The largest absolute Gasteiger partial charge is 0.508 e. The van der Waals surface area contributed by atoms with Gasteiger partial charge in [-0.15, -0.1) is 0 Å². The smallest absolute Gasteiger partial charge is 0.118 e. The number of halogens is 1. The van der Waals surface area contributed by atoms with Crippen LogP contribution in [0.15, 0.2) is 36.4 Å². The van der Waals surface area contributed by atoms with Gasteiger partial charge in [-0.2, -0.15) is 0 Å². The molecule has 0 spiro atoms. The summed E-state index contributed by atoms with van der Waals surface area (Å²) in [7, 11) is 0. The maximum Gasteiger partial charge on any atom is 0.118 e. The highest BCUT2D eigenvalue weighted by atomic mass is 35.5. The predicted molar refractivity (Wildman–Crippen MR) is 88.2 cm³/mol. The van der Waals surface area contributed by atoms with Crippen LogP contribution in [-0.4, -0.2) is 10.1 Å².